The van der Waals surface area contributed by atoms with Crippen molar-refractivity contribution in [2.45, 2.75) is 38.5 Å². The van der Waals surface area contributed by atoms with Gasteiger partial charge in [-0.1, -0.05) is 18.2 Å². The number of hydrogen-bond acceptors (Lipinski definition) is 6. The molecule has 5 aromatic rings. The Morgan fingerprint density at radius 3 is 2.77 bits per heavy atom. The lowest BCUT2D eigenvalue weighted by atomic mass is 10.2. The summed E-state index contributed by atoms with van der Waals surface area (Å²) in [6.45, 7) is 2.74. The Hall–Kier alpha value is -3.37. The summed E-state index contributed by atoms with van der Waals surface area (Å²) >= 11 is 3.43. The van der Waals surface area contributed by atoms with Crippen molar-refractivity contribution < 1.29 is 9.13 Å². The van der Waals surface area contributed by atoms with Crippen molar-refractivity contribution in [1.82, 2.24) is 29.1 Å². The van der Waals surface area contributed by atoms with E-state index in [0.29, 0.717) is 26.8 Å². The van der Waals surface area contributed by atoms with Crippen LogP contribution in [-0.2, 0) is 4.74 Å². The van der Waals surface area contributed by atoms with Crippen molar-refractivity contribution in [3.8, 4) is 5.69 Å². The number of benzene rings is 2. The molecule has 2 atom stereocenters. The molecule has 0 aliphatic carbocycles. The van der Waals surface area contributed by atoms with Crippen molar-refractivity contribution >= 4 is 43.9 Å². The highest BCUT2D eigenvalue weighted by atomic mass is 79.9. The molecule has 2 aromatic carbocycles. The number of aromatic nitrogens is 6. The molecule has 1 fully saturated rings. The summed E-state index contributed by atoms with van der Waals surface area (Å²) < 4.78 is 24.7. The van der Waals surface area contributed by atoms with Gasteiger partial charge in [0.15, 0.2) is 17.0 Å². The highest BCUT2D eigenvalue weighted by molar-refractivity contribution is 9.10. The Morgan fingerprint density at radius 2 is 1.97 bits per heavy atom. The topological polar surface area (TPSA) is 82.7 Å². The summed E-state index contributed by atoms with van der Waals surface area (Å²) in [5, 5.41) is 3.46. The molecule has 1 unspecified atom stereocenters. The standard InChI is InChI=1S/C25H23BrFN7O/c1-15(31-23-21-25(29-13-28-23)33(14-30-21)19-9-5-6-12-35-19)24-32-18-11-10-17(27)20(26)22(18)34(24)16-7-3-2-4-8-16/h2-4,7-8,10-11,13-15,19H,5-6,9,12H2,1H3,(H,28,29,31)/t15?,19-/m0/s1. The summed E-state index contributed by atoms with van der Waals surface area (Å²) in [5.41, 5.74) is 3.64. The molecule has 8 nitrogen and oxygen atoms in total. The van der Waals surface area contributed by atoms with Gasteiger partial charge in [0.2, 0.25) is 0 Å². The first-order valence-corrected chi connectivity index (χ1v) is 12.4. The fraction of sp³-hybridized carbons (Fsp3) is 0.280. The molecule has 0 amide bonds. The third kappa shape index (κ3) is 3.86. The number of fused-ring (bicyclic) bond motifs is 2. The van der Waals surface area contributed by atoms with Crippen LogP contribution in [0, 0.1) is 5.82 Å². The van der Waals surface area contributed by atoms with E-state index >= 15 is 0 Å². The van der Waals surface area contributed by atoms with E-state index in [0.717, 1.165) is 43.0 Å². The minimum Gasteiger partial charge on any atom is -0.358 e. The SMILES string of the molecule is CC(Nc1ncnc2c1ncn2[C@@H]1CCCCO1)c1nc2ccc(F)c(Br)c2n1-c1ccccc1. The maximum Gasteiger partial charge on any atom is 0.167 e. The number of imidazole rings is 2. The summed E-state index contributed by atoms with van der Waals surface area (Å²) in [6, 6.07) is 12.6. The molecule has 1 aliphatic heterocycles. The van der Waals surface area contributed by atoms with Gasteiger partial charge in [0.05, 0.1) is 27.9 Å². The first kappa shape index (κ1) is 22.1. The van der Waals surface area contributed by atoms with E-state index < -0.39 is 0 Å². The number of hydrogen-bond donors (Lipinski definition) is 1. The van der Waals surface area contributed by atoms with Gasteiger partial charge in [0.25, 0.3) is 0 Å². The lowest BCUT2D eigenvalue weighted by Crippen LogP contribution is -2.18. The molecule has 0 radical (unpaired) electrons. The highest BCUT2D eigenvalue weighted by Gasteiger charge is 2.24. The maximum atomic E-state index is 14.5. The molecule has 1 aliphatic rings. The van der Waals surface area contributed by atoms with E-state index in [4.69, 9.17) is 9.72 Å². The fourth-order valence-corrected chi connectivity index (χ4v) is 5.14. The Balaban J connectivity index is 1.42. The quantitative estimate of drug-likeness (QED) is 0.300. The number of halogens is 2. The molecule has 10 heteroatoms. The van der Waals surface area contributed by atoms with Crippen LogP contribution in [0.25, 0.3) is 27.9 Å². The molecule has 178 valence electrons. The zero-order valence-corrected chi connectivity index (χ0v) is 20.6. The molecule has 0 saturated carbocycles. The van der Waals surface area contributed by atoms with Gasteiger partial charge >= 0.3 is 0 Å². The maximum absolute atomic E-state index is 14.5. The molecular weight excluding hydrogens is 513 g/mol. The van der Waals surface area contributed by atoms with Gasteiger partial charge in [0.1, 0.15) is 24.2 Å². The Bertz CT molecular complexity index is 1510. The lowest BCUT2D eigenvalue weighted by Gasteiger charge is -2.23. The molecular formula is C25H23BrFN7O. The summed E-state index contributed by atoms with van der Waals surface area (Å²) in [4.78, 5) is 18.4. The van der Waals surface area contributed by atoms with Gasteiger partial charge in [-0.3, -0.25) is 9.13 Å². The fourth-order valence-electron chi connectivity index (χ4n) is 4.63. The number of rotatable bonds is 5. The van der Waals surface area contributed by atoms with E-state index in [-0.39, 0.29) is 18.1 Å². The molecule has 1 N–H and O–H groups in total. The van der Waals surface area contributed by atoms with Crippen molar-refractivity contribution in [2.24, 2.45) is 0 Å². The molecule has 0 spiro atoms. The third-order valence-corrected chi connectivity index (χ3v) is 7.07. The number of anilines is 1. The number of nitrogens with one attached hydrogen (secondary N) is 1. The monoisotopic (exact) mass is 535 g/mol. The van der Waals surface area contributed by atoms with Gasteiger partial charge in [-0.05, 0) is 66.4 Å². The summed E-state index contributed by atoms with van der Waals surface area (Å²) in [7, 11) is 0. The van der Waals surface area contributed by atoms with Crippen LogP contribution in [-0.4, -0.2) is 35.7 Å². The summed E-state index contributed by atoms with van der Waals surface area (Å²) in [6.07, 6.45) is 6.35. The van der Waals surface area contributed by atoms with Crippen LogP contribution in [0.5, 0.6) is 0 Å². The normalized spacial score (nSPS) is 17.2. The smallest absolute Gasteiger partial charge is 0.167 e. The zero-order valence-electron chi connectivity index (χ0n) is 19.0. The molecule has 35 heavy (non-hydrogen) atoms. The third-order valence-electron chi connectivity index (χ3n) is 6.32. The van der Waals surface area contributed by atoms with Gasteiger partial charge < -0.3 is 10.1 Å². The largest absolute Gasteiger partial charge is 0.358 e. The Kier molecular flexibility index (Phi) is 5.69. The first-order valence-electron chi connectivity index (χ1n) is 11.6. The predicted molar refractivity (Wildman–Crippen MR) is 135 cm³/mol. The van der Waals surface area contributed by atoms with Crippen molar-refractivity contribution in [2.75, 3.05) is 11.9 Å². The Labute approximate surface area is 209 Å². The van der Waals surface area contributed by atoms with Crippen LogP contribution in [0.3, 0.4) is 0 Å². The molecule has 1 saturated heterocycles. The van der Waals surface area contributed by atoms with E-state index in [1.807, 2.05) is 46.4 Å². The Morgan fingerprint density at radius 1 is 1.11 bits per heavy atom. The minimum atomic E-state index is -0.338. The van der Waals surface area contributed by atoms with E-state index in [9.17, 15) is 4.39 Å². The van der Waals surface area contributed by atoms with Gasteiger partial charge in [-0.25, -0.2) is 24.3 Å². The molecule has 0 bridgehead atoms. The van der Waals surface area contributed by atoms with Crippen LogP contribution in [0.1, 0.15) is 44.3 Å². The van der Waals surface area contributed by atoms with Crippen LogP contribution in [0.15, 0.2) is 59.6 Å². The zero-order chi connectivity index (χ0) is 23.9. The van der Waals surface area contributed by atoms with Gasteiger partial charge in [0, 0.05) is 12.3 Å². The molecule has 3 aromatic heterocycles. The first-order chi connectivity index (χ1) is 17.1. The second kappa shape index (κ2) is 9.01. The van der Waals surface area contributed by atoms with Crippen LogP contribution >= 0.6 is 15.9 Å². The van der Waals surface area contributed by atoms with Gasteiger partial charge in [-0.2, -0.15) is 0 Å². The predicted octanol–water partition coefficient (Wildman–Crippen LogP) is 5.94. The van der Waals surface area contributed by atoms with Crippen LogP contribution in [0.4, 0.5) is 10.2 Å². The average Bonchev–Trinajstić information content (AvgIpc) is 3.50. The number of nitrogens with zero attached hydrogens (tertiary/aromatic N) is 6. The number of para-hydroxylation sites is 1. The van der Waals surface area contributed by atoms with Crippen LogP contribution in [0.2, 0.25) is 0 Å². The average molecular weight is 536 g/mol. The second-order valence-electron chi connectivity index (χ2n) is 8.60. The lowest BCUT2D eigenvalue weighted by molar-refractivity contribution is -0.0298. The molecule has 6 rings (SSSR count). The highest BCUT2D eigenvalue weighted by Crippen LogP contribution is 2.34. The molecule has 4 heterocycles. The van der Waals surface area contributed by atoms with Crippen molar-refractivity contribution in [1.29, 1.82) is 0 Å². The minimum absolute atomic E-state index is 0.0663. The summed E-state index contributed by atoms with van der Waals surface area (Å²) in [5.74, 6) is 0.989. The number of ether oxygens (including phenoxy) is 1. The second-order valence-corrected chi connectivity index (χ2v) is 9.40. The van der Waals surface area contributed by atoms with Crippen molar-refractivity contribution in [3.63, 3.8) is 0 Å². The van der Waals surface area contributed by atoms with E-state index in [2.05, 4.69) is 36.2 Å². The van der Waals surface area contributed by atoms with E-state index in [1.54, 1.807) is 12.4 Å². The van der Waals surface area contributed by atoms with Crippen molar-refractivity contribution in [3.05, 3.63) is 71.2 Å². The van der Waals surface area contributed by atoms with Gasteiger partial charge in [-0.15, -0.1) is 0 Å². The van der Waals surface area contributed by atoms with E-state index in [1.165, 1.54) is 12.4 Å². The van der Waals surface area contributed by atoms with Crippen LogP contribution < -0.4 is 5.32 Å².